The molecule has 2 unspecified atom stereocenters. The molecule has 2 aliphatic carbocycles. The zero-order valence-corrected chi connectivity index (χ0v) is 16.6. The van der Waals surface area contributed by atoms with Crippen LogP contribution in [-0.4, -0.2) is 0 Å². The molecule has 126 valence electrons. The lowest BCUT2D eigenvalue weighted by molar-refractivity contribution is 0.544. The lowest BCUT2D eigenvalue weighted by atomic mass is 9.80. The number of rotatable bonds is 1. The van der Waals surface area contributed by atoms with Crippen LogP contribution in [0.2, 0.25) is 0 Å². The van der Waals surface area contributed by atoms with Crippen LogP contribution in [0, 0.1) is 62.4 Å². The zero-order chi connectivity index (χ0) is 17.5. The first-order valence-electron chi connectivity index (χ1n) is 9.59. The van der Waals surface area contributed by atoms with Gasteiger partial charge in [-0.05, 0) is 132 Å². The summed E-state index contributed by atoms with van der Waals surface area (Å²) < 4.78 is 0. The van der Waals surface area contributed by atoms with E-state index >= 15 is 0 Å². The Hall–Kier alpha value is -1.56. The predicted molar refractivity (Wildman–Crippen MR) is 103 cm³/mol. The summed E-state index contributed by atoms with van der Waals surface area (Å²) in [6.07, 6.45) is 2.54. The Morgan fingerprint density at radius 3 is 1.58 bits per heavy atom. The Kier molecular flexibility index (Phi) is 3.30. The van der Waals surface area contributed by atoms with Crippen molar-refractivity contribution >= 4 is 0 Å². The van der Waals surface area contributed by atoms with Crippen molar-refractivity contribution < 1.29 is 0 Å². The lowest BCUT2D eigenvalue weighted by Crippen LogP contribution is -2.10. The lowest BCUT2D eigenvalue weighted by Gasteiger charge is -2.24. The second-order valence-electron chi connectivity index (χ2n) is 8.32. The van der Waals surface area contributed by atoms with Crippen LogP contribution < -0.4 is 0 Å². The van der Waals surface area contributed by atoms with Crippen molar-refractivity contribution in [2.45, 2.75) is 80.1 Å². The van der Waals surface area contributed by atoms with E-state index in [0.29, 0.717) is 11.8 Å². The number of hydrogen-bond donors (Lipinski definition) is 0. The second kappa shape index (κ2) is 4.97. The molecule has 0 nitrogen and oxygen atoms in total. The van der Waals surface area contributed by atoms with Crippen molar-refractivity contribution in [3.8, 4) is 0 Å². The van der Waals surface area contributed by atoms with E-state index in [2.05, 4.69) is 55.4 Å². The molecule has 0 saturated heterocycles. The molecule has 4 rings (SSSR count). The standard InChI is InChI=1S/C24H30/c1-9-18-10-11(2)19-14(5)12(3)16(7)21-22-17(8)13(4)15(6)20(18)24(22)23(19)21/h11,18H,9-10H2,1-8H3. The molecule has 0 spiro atoms. The van der Waals surface area contributed by atoms with E-state index in [1.54, 1.807) is 43.1 Å². The fourth-order valence-electron chi connectivity index (χ4n) is 5.60. The van der Waals surface area contributed by atoms with Crippen molar-refractivity contribution in [2.24, 2.45) is 0 Å². The summed E-state index contributed by atoms with van der Waals surface area (Å²) in [5.41, 5.74) is 12.5. The molecule has 0 aliphatic heterocycles. The van der Waals surface area contributed by atoms with E-state index in [-0.39, 0.29) is 0 Å². The highest BCUT2D eigenvalue weighted by Gasteiger charge is 2.30. The summed E-state index contributed by atoms with van der Waals surface area (Å²) in [5.74, 6) is 1.36. The molecule has 0 radical (unpaired) electrons. The van der Waals surface area contributed by atoms with Crippen molar-refractivity contribution in [1.29, 1.82) is 0 Å². The molecule has 0 heterocycles. The van der Waals surface area contributed by atoms with E-state index in [0.717, 1.165) is 0 Å². The van der Waals surface area contributed by atoms with Gasteiger partial charge in [0, 0.05) is 0 Å². The molecule has 0 heteroatoms. The minimum absolute atomic E-state index is 0.656. The first-order chi connectivity index (χ1) is 11.3. The van der Waals surface area contributed by atoms with Gasteiger partial charge in [0.25, 0.3) is 0 Å². The zero-order valence-electron chi connectivity index (χ0n) is 16.6. The highest BCUT2D eigenvalue weighted by atomic mass is 14.3. The van der Waals surface area contributed by atoms with E-state index in [9.17, 15) is 0 Å². The Balaban J connectivity index is 2.39. The third kappa shape index (κ3) is 1.65. The Bertz CT molecular complexity index is 1080. The Morgan fingerprint density at radius 1 is 0.625 bits per heavy atom. The SMILES string of the molecule is CCC1CC(C)c2c(C)c(C)c(C)c3c2=c2c1c(C)c(C)c(C)c2=3. The smallest absolute Gasteiger partial charge is 0.00553 e. The molecule has 2 aliphatic rings. The minimum atomic E-state index is 0.656. The third-order valence-corrected chi connectivity index (χ3v) is 7.38. The van der Waals surface area contributed by atoms with E-state index in [1.165, 1.54) is 35.1 Å². The maximum Gasteiger partial charge on any atom is -0.00553 e. The average molecular weight is 319 g/mol. The van der Waals surface area contributed by atoms with Gasteiger partial charge in [-0.3, -0.25) is 0 Å². The van der Waals surface area contributed by atoms with Gasteiger partial charge in [0.15, 0.2) is 0 Å². The van der Waals surface area contributed by atoms with Crippen LogP contribution in [0.4, 0.5) is 0 Å². The Labute approximate surface area is 145 Å². The maximum absolute atomic E-state index is 2.46. The molecule has 0 N–H and O–H groups in total. The molecule has 2 aromatic rings. The molecular formula is C24H30. The molecule has 2 atom stereocenters. The quantitative estimate of drug-likeness (QED) is 0.485. The molecular weight excluding hydrogens is 288 g/mol. The van der Waals surface area contributed by atoms with Gasteiger partial charge in [-0.25, -0.2) is 0 Å². The molecule has 0 bridgehead atoms. The van der Waals surface area contributed by atoms with Crippen LogP contribution in [0.25, 0.3) is 0 Å². The second-order valence-corrected chi connectivity index (χ2v) is 8.32. The van der Waals surface area contributed by atoms with E-state index in [1.807, 2.05) is 0 Å². The number of benzene rings is 2. The van der Waals surface area contributed by atoms with Crippen molar-refractivity contribution in [1.82, 2.24) is 0 Å². The summed E-state index contributed by atoms with van der Waals surface area (Å²) >= 11 is 0. The van der Waals surface area contributed by atoms with Gasteiger partial charge >= 0.3 is 0 Å². The van der Waals surface area contributed by atoms with Crippen LogP contribution >= 0.6 is 0 Å². The fraction of sp³-hybridized carbons (Fsp3) is 0.500. The molecule has 24 heavy (non-hydrogen) atoms. The summed E-state index contributed by atoms with van der Waals surface area (Å²) in [6.45, 7) is 18.9. The van der Waals surface area contributed by atoms with Gasteiger partial charge in [-0.2, -0.15) is 0 Å². The van der Waals surface area contributed by atoms with Crippen molar-refractivity contribution in [3.05, 3.63) is 65.4 Å². The molecule has 0 saturated carbocycles. The van der Waals surface area contributed by atoms with Gasteiger partial charge in [-0.15, -0.1) is 0 Å². The van der Waals surface area contributed by atoms with Gasteiger partial charge in [0.2, 0.25) is 0 Å². The fourth-order valence-corrected chi connectivity index (χ4v) is 5.60. The van der Waals surface area contributed by atoms with Crippen LogP contribution in [-0.2, 0) is 0 Å². The molecule has 0 amide bonds. The van der Waals surface area contributed by atoms with E-state index in [4.69, 9.17) is 0 Å². The normalized spacial score (nSPS) is 20.5. The van der Waals surface area contributed by atoms with E-state index < -0.39 is 0 Å². The first kappa shape index (κ1) is 15.9. The van der Waals surface area contributed by atoms with Gasteiger partial charge in [0.05, 0.1) is 0 Å². The largest absolute Gasteiger partial charge is 0.0648 e. The maximum atomic E-state index is 2.46. The Morgan fingerprint density at radius 2 is 1.08 bits per heavy atom. The first-order valence-corrected chi connectivity index (χ1v) is 9.59. The van der Waals surface area contributed by atoms with Crippen molar-refractivity contribution in [3.63, 3.8) is 0 Å². The van der Waals surface area contributed by atoms with Crippen molar-refractivity contribution in [2.75, 3.05) is 0 Å². The highest BCUT2D eigenvalue weighted by Crippen LogP contribution is 2.44. The average Bonchev–Trinajstić information content (AvgIpc) is 2.65. The molecule has 0 aromatic heterocycles. The highest BCUT2D eigenvalue weighted by molar-refractivity contribution is 5.56. The summed E-state index contributed by atoms with van der Waals surface area (Å²) in [7, 11) is 0. The van der Waals surface area contributed by atoms with Gasteiger partial charge in [-0.1, -0.05) is 13.8 Å². The van der Waals surface area contributed by atoms with Crippen LogP contribution in [0.3, 0.4) is 0 Å². The monoisotopic (exact) mass is 318 g/mol. The minimum Gasteiger partial charge on any atom is -0.0648 e. The topological polar surface area (TPSA) is 0 Å². The molecule has 2 aromatic carbocycles. The predicted octanol–water partition coefficient (Wildman–Crippen LogP) is 6.43. The molecule has 0 fully saturated rings. The summed E-state index contributed by atoms with van der Waals surface area (Å²) in [6, 6.07) is 0. The third-order valence-electron chi connectivity index (χ3n) is 7.38. The van der Waals surface area contributed by atoms with Gasteiger partial charge in [0.1, 0.15) is 0 Å². The summed E-state index contributed by atoms with van der Waals surface area (Å²) in [5, 5.41) is 6.41. The van der Waals surface area contributed by atoms with Crippen LogP contribution in [0.1, 0.15) is 83.0 Å². The summed E-state index contributed by atoms with van der Waals surface area (Å²) in [4.78, 5) is 0. The number of hydrogen-bond acceptors (Lipinski definition) is 0. The van der Waals surface area contributed by atoms with Crippen LogP contribution in [0.5, 0.6) is 0 Å². The van der Waals surface area contributed by atoms with Crippen LogP contribution in [0.15, 0.2) is 0 Å². The van der Waals surface area contributed by atoms with Gasteiger partial charge < -0.3 is 0 Å².